The van der Waals surface area contributed by atoms with Gasteiger partial charge in [0.1, 0.15) is 6.54 Å². The number of rotatable bonds is 8. The summed E-state index contributed by atoms with van der Waals surface area (Å²) in [5.74, 6) is -0.122. The van der Waals surface area contributed by atoms with Gasteiger partial charge in [0.15, 0.2) is 12.4 Å². The first kappa shape index (κ1) is 21.9. The number of hydrogen-bond acceptors (Lipinski definition) is 3. The summed E-state index contributed by atoms with van der Waals surface area (Å²) in [6, 6.07) is 12.6. The van der Waals surface area contributed by atoms with Crippen LogP contribution in [0.4, 0.5) is 5.69 Å². The molecule has 1 aromatic carbocycles. The van der Waals surface area contributed by atoms with Crippen molar-refractivity contribution in [3.05, 3.63) is 59.9 Å². The summed E-state index contributed by atoms with van der Waals surface area (Å²) in [4.78, 5) is 13.4. The van der Waals surface area contributed by atoms with E-state index in [-0.39, 0.29) is 23.0 Å². The monoisotopic (exact) mass is 418 g/mol. The molecule has 0 unspecified atom stereocenters. The molecular formula is C21H27BrN2O2. The van der Waals surface area contributed by atoms with Gasteiger partial charge >= 0.3 is 5.97 Å². The highest BCUT2D eigenvalue weighted by Gasteiger charge is 2.05. The van der Waals surface area contributed by atoms with Gasteiger partial charge in [-0.2, -0.15) is 0 Å². The molecule has 0 fully saturated rings. The fourth-order valence-corrected chi connectivity index (χ4v) is 2.44. The van der Waals surface area contributed by atoms with E-state index in [1.165, 1.54) is 11.3 Å². The molecule has 0 saturated carbocycles. The Kier molecular flexibility index (Phi) is 9.66. The second kappa shape index (κ2) is 11.5. The maximum absolute atomic E-state index is 11.3. The number of esters is 1. The Labute approximate surface area is 166 Å². The van der Waals surface area contributed by atoms with Crippen LogP contribution in [-0.2, 0) is 16.1 Å². The summed E-state index contributed by atoms with van der Waals surface area (Å²) in [5, 5.41) is 0. The van der Waals surface area contributed by atoms with E-state index in [0.717, 1.165) is 18.5 Å². The fraction of sp³-hybridized carbons (Fsp3) is 0.333. The zero-order chi connectivity index (χ0) is 18.1. The number of carbonyl (C=O) groups excluding carboxylic acids is 1. The van der Waals surface area contributed by atoms with Crippen LogP contribution in [0.1, 0.15) is 30.9 Å². The highest BCUT2D eigenvalue weighted by Crippen LogP contribution is 2.14. The number of nitrogens with zero attached hydrogens (tertiary/aromatic N) is 2. The third-order valence-corrected chi connectivity index (χ3v) is 3.90. The van der Waals surface area contributed by atoms with Gasteiger partial charge in [0.25, 0.3) is 0 Å². The van der Waals surface area contributed by atoms with Crippen LogP contribution in [-0.4, -0.2) is 26.7 Å². The molecule has 0 aliphatic carbocycles. The molecule has 4 nitrogen and oxygen atoms in total. The first-order valence-corrected chi connectivity index (χ1v) is 8.68. The molecule has 0 aliphatic heterocycles. The Hall–Kier alpha value is -2.14. The second-order valence-electron chi connectivity index (χ2n) is 6.10. The van der Waals surface area contributed by atoms with Crippen LogP contribution in [0.2, 0.25) is 0 Å². The highest BCUT2D eigenvalue weighted by atomic mass is 79.9. The van der Waals surface area contributed by atoms with E-state index in [1.54, 1.807) is 0 Å². The Balaban J connectivity index is 0.00000338. The second-order valence-corrected chi connectivity index (χ2v) is 6.10. The zero-order valence-corrected chi connectivity index (χ0v) is 17.3. The first-order valence-electron chi connectivity index (χ1n) is 8.68. The topological polar surface area (TPSA) is 33.4 Å². The van der Waals surface area contributed by atoms with Gasteiger partial charge in [-0.1, -0.05) is 24.3 Å². The van der Waals surface area contributed by atoms with E-state index in [4.69, 9.17) is 4.74 Å². The van der Waals surface area contributed by atoms with Crippen molar-refractivity contribution in [2.75, 3.05) is 25.6 Å². The fourth-order valence-electron chi connectivity index (χ4n) is 2.44. The van der Waals surface area contributed by atoms with Crippen molar-refractivity contribution in [2.24, 2.45) is 0 Å². The lowest BCUT2D eigenvalue weighted by Gasteiger charge is -2.11. The summed E-state index contributed by atoms with van der Waals surface area (Å²) >= 11 is 0. The molecule has 0 amide bonds. The van der Waals surface area contributed by atoms with E-state index in [0.29, 0.717) is 13.0 Å². The lowest BCUT2D eigenvalue weighted by Crippen LogP contribution is -3.00. The van der Waals surface area contributed by atoms with Crippen LogP contribution in [0.15, 0.2) is 48.8 Å². The number of carbonyl (C=O) groups is 1. The number of aromatic nitrogens is 1. The predicted molar refractivity (Wildman–Crippen MR) is 102 cm³/mol. The number of anilines is 1. The van der Waals surface area contributed by atoms with Crippen molar-refractivity contribution >= 4 is 23.8 Å². The van der Waals surface area contributed by atoms with Gasteiger partial charge in [-0.3, -0.25) is 4.79 Å². The van der Waals surface area contributed by atoms with Crippen molar-refractivity contribution < 1.29 is 31.1 Å². The van der Waals surface area contributed by atoms with E-state index >= 15 is 0 Å². The van der Waals surface area contributed by atoms with Crippen LogP contribution >= 0.6 is 0 Å². The summed E-state index contributed by atoms with van der Waals surface area (Å²) in [7, 11) is 4.08. The number of hydrogen-bond donors (Lipinski definition) is 0. The molecule has 1 aromatic heterocycles. The van der Waals surface area contributed by atoms with Crippen molar-refractivity contribution in [3.63, 3.8) is 0 Å². The molecule has 0 aliphatic rings. The third-order valence-electron chi connectivity index (χ3n) is 3.90. The van der Waals surface area contributed by atoms with Crippen LogP contribution in [0.3, 0.4) is 0 Å². The first-order chi connectivity index (χ1) is 12.1. The molecule has 1 heterocycles. The van der Waals surface area contributed by atoms with Crippen LogP contribution in [0.25, 0.3) is 12.2 Å². The van der Waals surface area contributed by atoms with Crippen molar-refractivity contribution in [1.29, 1.82) is 0 Å². The minimum Gasteiger partial charge on any atom is -1.00 e. The summed E-state index contributed by atoms with van der Waals surface area (Å²) in [6.07, 6.45) is 9.55. The maximum atomic E-state index is 11.3. The number of ether oxygens (including phenoxy) is 1. The third kappa shape index (κ3) is 7.40. The number of halogens is 1. The molecule has 2 rings (SSSR count). The van der Waals surface area contributed by atoms with Gasteiger partial charge in [0.05, 0.1) is 13.0 Å². The lowest BCUT2D eigenvalue weighted by molar-refractivity contribution is -0.697. The largest absolute Gasteiger partial charge is 1.00 e. The standard InChI is InChI=1S/C21H27N2O2.BrH/c1-4-25-21(24)6-5-15-23-16-13-19(14-17-23)8-7-18-9-11-20(12-10-18)22(2)3;/h7-14,16-17H,4-6,15H2,1-3H3;1H/q+1;/p-1. The van der Waals surface area contributed by atoms with E-state index < -0.39 is 0 Å². The molecule has 2 aromatic rings. The Morgan fingerprint density at radius 1 is 1.04 bits per heavy atom. The Morgan fingerprint density at radius 3 is 2.15 bits per heavy atom. The van der Waals surface area contributed by atoms with Gasteiger partial charge in [-0.15, -0.1) is 0 Å². The maximum Gasteiger partial charge on any atom is 0.306 e. The number of pyridine rings is 1. The highest BCUT2D eigenvalue weighted by molar-refractivity contribution is 5.70. The van der Waals surface area contributed by atoms with Crippen LogP contribution in [0.5, 0.6) is 0 Å². The van der Waals surface area contributed by atoms with Crippen molar-refractivity contribution in [1.82, 2.24) is 0 Å². The molecule has 0 N–H and O–H groups in total. The summed E-state index contributed by atoms with van der Waals surface area (Å²) < 4.78 is 7.02. The zero-order valence-electron chi connectivity index (χ0n) is 15.7. The molecule has 0 spiro atoms. The average molecular weight is 419 g/mol. The summed E-state index contributed by atoms with van der Waals surface area (Å²) in [5.41, 5.74) is 3.52. The quantitative estimate of drug-likeness (QED) is 0.463. The van der Waals surface area contributed by atoms with Crippen LogP contribution in [0, 0.1) is 0 Å². The molecular weight excluding hydrogens is 392 g/mol. The molecule has 26 heavy (non-hydrogen) atoms. The van der Waals surface area contributed by atoms with Crippen molar-refractivity contribution in [2.45, 2.75) is 26.3 Å². The average Bonchev–Trinajstić information content (AvgIpc) is 2.61. The van der Waals surface area contributed by atoms with Crippen LogP contribution < -0.4 is 26.4 Å². The van der Waals surface area contributed by atoms with Crippen molar-refractivity contribution in [3.8, 4) is 0 Å². The number of aryl methyl sites for hydroxylation is 1. The molecule has 0 radical (unpaired) electrons. The minimum atomic E-state index is -0.122. The predicted octanol–water partition coefficient (Wildman–Crippen LogP) is 0.558. The molecule has 5 heteroatoms. The minimum absolute atomic E-state index is 0. The SMILES string of the molecule is CCOC(=O)CCC[n+]1ccc(/C=C/c2ccc(N(C)C)cc2)cc1.[Br-]. The van der Waals surface area contributed by atoms with E-state index in [9.17, 15) is 4.79 Å². The Morgan fingerprint density at radius 2 is 1.62 bits per heavy atom. The van der Waals surface area contributed by atoms with E-state index in [1.807, 2.05) is 33.4 Å². The molecule has 0 atom stereocenters. The smallest absolute Gasteiger partial charge is 0.306 e. The van der Waals surface area contributed by atoms with Gasteiger partial charge in [0, 0.05) is 38.3 Å². The normalized spacial score (nSPS) is 10.4. The lowest BCUT2D eigenvalue weighted by atomic mass is 10.1. The summed E-state index contributed by atoms with van der Waals surface area (Å²) in [6.45, 7) is 3.09. The van der Waals surface area contributed by atoms with Gasteiger partial charge in [0.2, 0.25) is 0 Å². The molecule has 140 valence electrons. The van der Waals surface area contributed by atoms with Gasteiger partial charge in [-0.05, 0) is 30.2 Å². The molecule has 0 saturated heterocycles. The Bertz CT molecular complexity index is 695. The van der Waals surface area contributed by atoms with Gasteiger partial charge in [-0.25, -0.2) is 4.57 Å². The number of benzene rings is 1. The van der Waals surface area contributed by atoms with Gasteiger partial charge < -0.3 is 26.6 Å². The van der Waals surface area contributed by atoms with E-state index in [2.05, 4.69) is 58.0 Å². The molecule has 0 bridgehead atoms.